The van der Waals surface area contributed by atoms with Gasteiger partial charge in [0.1, 0.15) is 11.6 Å². The maximum atomic E-state index is 13.2. The number of ether oxygens (including phenoxy) is 1. The summed E-state index contributed by atoms with van der Waals surface area (Å²) in [4.78, 5) is 4.29. The first-order chi connectivity index (χ1) is 10.1. The van der Waals surface area contributed by atoms with E-state index in [-0.39, 0.29) is 11.9 Å². The molecule has 1 heterocycles. The zero-order chi connectivity index (χ0) is 15.2. The monoisotopic (exact) mass is 288 g/mol. The molecule has 0 aliphatic heterocycles. The van der Waals surface area contributed by atoms with Crippen LogP contribution in [0.3, 0.4) is 0 Å². The third-order valence-electron chi connectivity index (χ3n) is 3.32. The first-order valence-electron chi connectivity index (χ1n) is 7.23. The Morgan fingerprint density at radius 2 is 2.10 bits per heavy atom. The lowest BCUT2D eigenvalue weighted by molar-refractivity contribution is 0.453. The Morgan fingerprint density at radius 3 is 2.76 bits per heavy atom. The molecule has 1 N–H and O–H groups in total. The molecule has 0 saturated carbocycles. The van der Waals surface area contributed by atoms with Crippen molar-refractivity contribution in [2.45, 2.75) is 33.2 Å². The molecule has 0 fully saturated rings. The molecule has 0 saturated heterocycles. The average molecular weight is 288 g/mol. The first kappa shape index (κ1) is 15.4. The second-order valence-corrected chi connectivity index (χ2v) is 5.12. The number of benzene rings is 1. The number of nitrogens with zero attached hydrogens (tertiary/aromatic N) is 1. The van der Waals surface area contributed by atoms with Gasteiger partial charge < -0.3 is 10.1 Å². The summed E-state index contributed by atoms with van der Waals surface area (Å²) in [5, 5.41) is 3.40. The topological polar surface area (TPSA) is 34.1 Å². The van der Waals surface area contributed by atoms with Crippen LogP contribution < -0.4 is 10.1 Å². The van der Waals surface area contributed by atoms with Gasteiger partial charge in [-0.25, -0.2) is 9.37 Å². The molecule has 0 amide bonds. The van der Waals surface area contributed by atoms with Crippen LogP contribution in [0.2, 0.25) is 0 Å². The fourth-order valence-electron chi connectivity index (χ4n) is 1.98. The van der Waals surface area contributed by atoms with Crippen molar-refractivity contribution in [3.05, 3.63) is 53.5 Å². The third-order valence-corrected chi connectivity index (χ3v) is 3.32. The number of aryl methyl sites for hydroxylation is 1. The molecular formula is C17H21FN2O. The number of halogens is 1. The molecule has 1 atom stereocenters. The molecule has 1 unspecified atom stereocenters. The van der Waals surface area contributed by atoms with E-state index in [0.29, 0.717) is 11.6 Å². The average Bonchev–Trinajstić information content (AvgIpc) is 2.49. The van der Waals surface area contributed by atoms with Crippen LogP contribution in [0, 0.1) is 12.7 Å². The summed E-state index contributed by atoms with van der Waals surface area (Å²) < 4.78 is 18.9. The van der Waals surface area contributed by atoms with Crippen molar-refractivity contribution in [3.8, 4) is 11.6 Å². The summed E-state index contributed by atoms with van der Waals surface area (Å²) in [5.74, 6) is 0.646. The highest BCUT2D eigenvalue weighted by atomic mass is 19.1. The van der Waals surface area contributed by atoms with Crippen LogP contribution in [0.1, 0.15) is 37.4 Å². The Balaban J connectivity index is 2.07. The van der Waals surface area contributed by atoms with Crippen LogP contribution in [-0.2, 0) is 0 Å². The second-order valence-electron chi connectivity index (χ2n) is 5.12. The van der Waals surface area contributed by atoms with E-state index in [1.54, 1.807) is 12.3 Å². The number of hydrogen-bond donors (Lipinski definition) is 1. The lowest BCUT2D eigenvalue weighted by atomic mass is 10.1. The van der Waals surface area contributed by atoms with Crippen molar-refractivity contribution in [2.75, 3.05) is 6.54 Å². The van der Waals surface area contributed by atoms with Gasteiger partial charge >= 0.3 is 0 Å². The standard InChI is InChI=1S/C17H21FN2O/c1-4-9-19-13(3)14-6-8-17(20-11-14)21-16-10-15(18)7-5-12(16)2/h5-8,10-11,13,19H,4,9H2,1-3H3. The van der Waals surface area contributed by atoms with Crippen molar-refractivity contribution in [1.82, 2.24) is 10.3 Å². The van der Waals surface area contributed by atoms with Crippen molar-refractivity contribution in [3.63, 3.8) is 0 Å². The number of pyridine rings is 1. The predicted molar refractivity (Wildman–Crippen MR) is 82.2 cm³/mol. The number of nitrogens with one attached hydrogen (secondary N) is 1. The van der Waals surface area contributed by atoms with Crippen molar-refractivity contribution < 1.29 is 9.13 Å². The number of hydrogen-bond acceptors (Lipinski definition) is 3. The minimum absolute atomic E-state index is 0.252. The van der Waals surface area contributed by atoms with Gasteiger partial charge in [-0.1, -0.05) is 19.1 Å². The molecule has 2 aromatic rings. The number of aromatic nitrogens is 1. The SMILES string of the molecule is CCCNC(C)c1ccc(Oc2cc(F)ccc2C)nc1. The van der Waals surface area contributed by atoms with Gasteiger partial charge in [0.05, 0.1) is 0 Å². The zero-order valence-electron chi connectivity index (χ0n) is 12.7. The molecule has 0 spiro atoms. The summed E-state index contributed by atoms with van der Waals surface area (Å²) >= 11 is 0. The van der Waals surface area contributed by atoms with Crippen LogP contribution in [-0.4, -0.2) is 11.5 Å². The molecule has 2 rings (SSSR count). The first-order valence-corrected chi connectivity index (χ1v) is 7.23. The molecule has 112 valence electrons. The molecule has 21 heavy (non-hydrogen) atoms. The minimum atomic E-state index is -0.315. The van der Waals surface area contributed by atoms with E-state index in [9.17, 15) is 4.39 Å². The molecule has 1 aromatic heterocycles. The quantitative estimate of drug-likeness (QED) is 0.856. The van der Waals surface area contributed by atoms with E-state index in [4.69, 9.17) is 4.74 Å². The molecule has 1 aromatic carbocycles. The minimum Gasteiger partial charge on any atom is -0.439 e. The Hall–Kier alpha value is -1.94. The fourth-order valence-corrected chi connectivity index (χ4v) is 1.98. The van der Waals surface area contributed by atoms with E-state index in [2.05, 4.69) is 24.1 Å². The second kappa shape index (κ2) is 7.18. The summed E-state index contributed by atoms with van der Waals surface area (Å²) in [7, 11) is 0. The third kappa shape index (κ3) is 4.26. The molecule has 0 radical (unpaired) electrons. The summed E-state index contributed by atoms with van der Waals surface area (Å²) in [6.45, 7) is 7.09. The van der Waals surface area contributed by atoms with Gasteiger partial charge in [-0.05, 0) is 44.0 Å². The molecule has 4 heteroatoms. The smallest absolute Gasteiger partial charge is 0.219 e. The van der Waals surface area contributed by atoms with Crippen LogP contribution in [0.5, 0.6) is 11.6 Å². The van der Waals surface area contributed by atoms with Crippen molar-refractivity contribution in [1.29, 1.82) is 0 Å². The fraction of sp³-hybridized carbons (Fsp3) is 0.353. The maximum Gasteiger partial charge on any atom is 0.219 e. The highest BCUT2D eigenvalue weighted by Crippen LogP contribution is 2.25. The van der Waals surface area contributed by atoms with Crippen LogP contribution in [0.4, 0.5) is 4.39 Å². The Morgan fingerprint density at radius 1 is 1.29 bits per heavy atom. The van der Waals surface area contributed by atoms with E-state index in [1.165, 1.54) is 12.1 Å². The van der Waals surface area contributed by atoms with Gasteiger partial charge in [0.25, 0.3) is 0 Å². The van der Waals surface area contributed by atoms with Gasteiger partial charge in [0.15, 0.2) is 0 Å². The Kier molecular flexibility index (Phi) is 5.28. The van der Waals surface area contributed by atoms with Gasteiger partial charge in [0, 0.05) is 24.4 Å². The van der Waals surface area contributed by atoms with Crippen LogP contribution in [0.15, 0.2) is 36.5 Å². The van der Waals surface area contributed by atoms with E-state index >= 15 is 0 Å². The van der Waals surface area contributed by atoms with Crippen molar-refractivity contribution in [2.24, 2.45) is 0 Å². The Labute approximate surface area is 125 Å². The zero-order valence-corrected chi connectivity index (χ0v) is 12.7. The molecular weight excluding hydrogens is 267 g/mol. The highest BCUT2D eigenvalue weighted by Gasteiger charge is 2.07. The van der Waals surface area contributed by atoms with Crippen LogP contribution in [0.25, 0.3) is 0 Å². The van der Waals surface area contributed by atoms with E-state index in [0.717, 1.165) is 24.1 Å². The summed E-state index contributed by atoms with van der Waals surface area (Å²) in [5.41, 5.74) is 1.98. The predicted octanol–water partition coefficient (Wildman–Crippen LogP) is 4.38. The molecule has 0 bridgehead atoms. The largest absolute Gasteiger partial charge is 0.439 e. The number of rotatable bonds is 6. The normalized spacial score (nSPS) is 12.2. The summed E-state index contributed by atoms with van der Waals surface area (Å²) in [6, 6.07) is 8.52. The molecule has 0 aliphatic carbocycles. The van der Waals surface area contributed by atoms with Crippen LogP contribution >= 0.6 is 0 Å². The van der Waals surface area contributed by atoms with E-state index < -0.39 is 0 Å². The highest BCUT2D eigenvalue weighted by molar-refractivity contribution is 5.35. The lowest BCUT2D eigenvalue weighted by Crippen LogP contribution is -2.19. The molecule has 0 aliphatic rings. The van der Waals surface area contributed by atoms with Gasteiger partial charge in [0.2, 0.25) is 5.88 Å². The van der Waals surface area contributed by atoms with E-state index in [1.807, 2.05) is 19.1 Å². The van der Waals surface area contributed by atoms with Crippen molar-refractivity contribution >= 4 is 0 Å². The van der Waals surface area contributed by atoms with Gasteiger partial charge in [-0.2, -0.15) is 0 Å². The Bertz CT molecular complexity index is 584. The molecule has 3 nitrogen and oxygen atoms in total. The lowest BCUT2D eigenvalue weighted by Gasteiger charge is -2.14. The summed E-state index contributed by atoms with van der Waals surface area (Å²) in [6.07, 6.45) is 2.88. The van der Waals surface area contributed by atoms with Gasteiger partial charge in [-0.15, -0.1) is 0 Å². The maximum absolute atomic E-state index is 13.2. The van der Waals surface area contributed by atoms with Gasteiger partial charge in [-0.3, -0.25) is 0 Å².